The molecule has 0 saturated carbocycles. The molecule has 7 nitrogen and oxygen atoms in total. The minimum atomic E-state index is -2.27. The number of nitrogens with zero attached hydrogens (tertiary/aromatic N) is 2. The van der Waals surface area contributed by atoms with Gasteiger partial charge in [-0.3, -0.25) is 14.4 Å². The summed E-state index contributed by atoms with van der Waals surface area (Å²) < 4.78 is 14.6. The number of rotatable bonds is 6. The van der Waals surface area contributed by atoms with Gasteiger partial charge in [-0.1, -0.05) is 53.6 Å². The normalized spacial score (nSPS) is 16.1. The van der Waals surface area contributed by atoms with Crippen molar-refractivity contribution in [3.63, 3.8) is 0 Å². The van der Waals surface area contributed by atoms with Crippen molar-refractivity contribution < 1.29 is 19.1 Å². The number of aliphatic carboxylic acids is 1. The van der Waals surface area contributed by atoms with E-state index in [1.54, 1.807) is 31.2 Å². The number of aromatic amines is 1. The summed E-state index contributed by atoms with van der Waals surface area (Å²) in [6, 6.07) is 13.7. The van der Waals surface area contributed by atoms with Gasteiger partial charge in [0, 0.05) is 22.7 Å². The van der Waals surface area contributed by atoms with Crippen LogP contribution in [0.1, 0.15) is 46.8 Å². The van der Waals surface area contributed by atoms with Gasteiger partial charge in [-0.05, 0) is 49.6 Å². The van der Waals surface area contributed by atoms with Crippen LogP contribution in [0.3, 0.4) is 0 Å². The Balaban J connectivity index is 1.87. The summed E-state index contributed by atoms with van der Waals surface area (Å²) >= 11 is 6.07. The molecule has 2 aromatic carbocycles. The molecule has 186 valence electrons. The molecular formula is C27H25ClFN3O4. The predicted octanol–water partition coefficient (Wildman–Crippen LogP) is 5.11. The molecule has 9 heteroatoms. The molecule has 36 heavy (non-hydrogen) atoms. The van der Waals surface area contributed by atoms with Gasteiger partial charge in [-0.2, -0.15) is 5.10 Å². The largest absolute Gasteiger partial charge is 0.481 e. The quantitative estimate of drug-likeness (QED) is 0.482. The van der Waals surface area contributed by atoms with Gasteiger partial charge in [0.15, 0.2) is 6.17 Å². The second-order valence-electron chi connectivity index (χ2n) is 8.89. The third kappa shape index (κ3) is 4.95. The molecule has 2 unspecified atom stereocenters. The Morgan fingerprint density at radius 2 is 1.75 bits per heavy atom. The average Bonchev–Trinajstić information content (AvgIpc) is 3.26. The number of nitrogens with one attached hydrogen (secondary N) is 1. The van der Waals surface area contributed by atoms with Crippen LogP contribution in [0, 0.1) is 20.8 Å². The lowest BCUT2D eigenvalue weighted by atomic mass is 9.90. The van der Waals surface area contributed by atoms with Crippen LogP contribution >= 0.6 is 11.6 Å². The summed E-state index contributed by atoms with van der Waals surface area (Å²) in [6.45, 7) is 5.58. The maximum atomic E-state index is 14.6. The molecular weight excluding hydrogens is 485 g/mol. The summed E-state index contributed by atoms with van der Waals surface area (Å²) in [7, 11) is 0. The van der Waals surface area contributed by atoms with Crippen LogP contribution in [-0.2, 0) is 9.59 Å². The van der Waals surface area contributed by atoms with Crippen LogP contribution in [0.15, 0.2) is 58.4 Å². The number of carbonyl (C=O) groups excluding carboxylic acids is 1. The van der Waals surface area contributed by atoms with Crippen molar-refractivity contribution in [1.29, 1.82) is 0 Å². The summed E-state index contributed by atoms with van der Waals surface area (Å²) in [5.74, 6) is -2.49. The van der Waals surface area contributed by atoms with Crippen molar-refractivity contribution in [1.82, 2.24) is 9.99 Å². The van der Waals surface area contributed by atoms with E-state index in [0.29, 0.717) is 27.6 Å². The van der Waals surface area contributed by atoms with Crippen LogP contribution < -0.4 is 5.56 Å². The monoisotopic (exact) mass is 509 g/mol. The van der Waals surface area contributed by atoms with Crippen molar-refractivity contribution in [3.05, 3.63) is 91.9 Å². The number of benzene rings is 2. The van der Waals surface area contributed by atoms with Crippen LogP contribution in [0.4, 0.5) is 4.39 Å². The zero-order chi connectivity index (χ0) is 26.1. The number of hydrazone groups is 1. The Morgan fingerprint density at radius 3 is 2.36 bits per heavy atom. The fourth-order valence-electron chi connectivity index (χ4n) is 4.36. The van der Waals surface area contributed by atoms with Crippen LogP contribution in [0.25, 0.3) is 11.1 Å². The molecule has 2 N–H and O–H groups in total. The number of halogens is 2. The first-order valence-electron chi connectivity index (χ1n) is 11.4. The zero-order valence-corrected chi connectivity index (χ0v) is 20.8. The lowest BCUT2D eigenvalue weighted by molar-refractivity contribution is -0.146. The number of hydrogen-bond donors (Lipinski definition) is 2. The number of alkyl halides is 1. The molecule has 0 radical (unpaired) electrons. The molecule has 0 bridgehead atoms. The zero-order valence-electron chi connectivity index (χ0n) is 20.0. The van der Waals surface area contributed by atoms with E-state index in [9.17, 15) is 18.8 Å². The lowest BCUT2D eigenvalue weighted by Gasteiger charge is -2.23. The third-order valence-corrected chi connectivity index (χ3v) is 6.61. The number of amides is 1. The van der Waals surface area contributed by atoms with Gasteiger partial charge < -0.3 is 10.1 Å². The van der Waals surface area contributed by atoms with Gasteiger partial charge in [0.1, 0.15) is 0 Å². The summed E-state index contributed by atoms with van der Waals surface area (Å²) in [4.78, 5) is 40.1. The van der Waals surface area contributed by atoms with E-state index >= 15 is 0 Å². The van der Waals surface area contributed by atoms with Crippen molar-refractivity contribution in [2.24, 2.45) is 5.10 Å². The molecule has 0 fully saturated rings. The van der Waals surface area contributed by atoms with Crippen LogP contribution in [-0.4, -0.2) is 38.9 Å². The number of H-pyrrole nitrogens is 1. The van der Waals surface area contributed by atoms with Crippen molar-refractivity contribution in [2.45, 2.75) is 45.8 Å². The molecule has 1 aliphatic rings. The second-order valence-corrected chi connectivity index (χ2v) is 9.32. The minimum absolute atomic E-state index is 0.154. The molecule has 0 saturated heterocycles. The smallest absolute Gasteiger partial charge is 0.306 e. The average molecular weight is 510 g/mol. The van der Waals surface area contributed by atoms with Gasteiger partial charge in [0.2, 0.25) is 0 Å². The number of aromatic nitrogens is 1. The lowest BCUT2D eigenvalue weighted by Crippen LogP contribution is -2.35. The molecule has 1 aliphatic heterocycles. The Labute approximate surface area is 212 Å². The molecule has 0 spiro atoms. The maximum absolute atomic E-state index is 14.6. The van der Waals surface area contributed by atoms with Crippen LogP contribution in [0.2, 0.25) is 5.02 Å². The number of hydrogen-bond acceptors (Lipinski definition) is 4. The summed E-state index contributed by atoms with van der Waals surface area (Å²) in [6.07, 6.45) is -3.09. The van der Waals surface area contributed by atoms with E-state index in [0.717, 1.165) is 21.7 Å². The fraction of sp³-hybridized carbons (Fsp3) is 0.259. The third-order valence-electron chi connectivity index (χ3n) is 6.36. The fourth-order valence-corrected chi connectivity index (χ4v) is 4.49. The molecule has 1 amide bonds. The first-order valence-corrected chi connectivity index (χ1v) is 11.8. The predicted molar refractivity (Wildman–Crippen MR) is 136 cm³/mol. The van der Waals surface area contributed by atoms with E-state index in [1.807, 2.05) is 38.1 Å². The number of carbonyl (C=O) groups is 2. The molecule has 0 aliphatic carbocycles. The Bertz CT molecular complexity index is 1410. The number of aryl methyl sites for hydroxylation is 2. The van der Waals surface area contributed by atoms with Gasteiger partial charge >= 0.3 is 5.97 Å². The van der Waals surface area contributed by atoms with Gasteiger partial charge in [0.05, 0.1) is 23.7 Å². The Hall–Kier alpha value is -3.78. The first kappa shape index (κ1) is 25.3. The van der Waals surface area contributed by atoms with Gasteiger partial charge in [-0.25, -0.2) is 9.40 Å². The van der Waals surface area contributed by atoms with Crippen molar-refractivity contribution >= 4 is 29.2 Å². The highest BCUT2D eigenvalue weighted by Crippen LogP contribution is 2.37. The molecule has 1 aromatic heterocycles. The Morgan fingerprint density at radius 1 is 1.11 bits per heavy atom. The molecule has 2 heterocycles. The van der Waals surface area contributed by atoms with Crippen LogP contribution in [0.5, 0.6) is 0 Å². The second kappa shape index (κ2) is 10.1. The molecule has 4 rings (SSSR count). The van der Waals surface area contributed by atoms with Crippen molar-refractivity contribution in [3.8, 4) is 11.1 Å². The Kier molecular flexibility index (Phi) is 7.08. The standard InChI is InChI=1S/C27H25ClFN3O4/c1-14-4-6-17(7-5-14)22-13-21(31-32(22)27(36)20(29)12-23(33)34)25-24(15(2)16(3)30-26(25)35)18-8-10-19(28)11-9-18/h4-11,20,22H,12-13H2,1-3H3,(H,30,35)(H,33,34). The number of pyridine rings is 1. The highest BCUT2D eigenvalue weighted by atomic mass is 35.5. The maximum Gasteiger partial charge on any atom is 0.306 e. The summed E-state index contributed by atoms with van der Waals surface area (Å²) in [5, 5.41) is 14.9. The minimum Gasteiger partial charge on any atom is -0.481 e. The topological polar surface area (TPSA) is 103 Å². The van der Waals surface area contributed by atoms with E-state index in [-0.39, 0.29) is 17.5 Å². The van der Waals surface area contributed by atoms with E-state index in [1.165, 1.54) is 0 Å². The van der Waals surface area contributed by atoms with Gasteiger partial charge in [-0.15, -0.1) is 0 Å². The highest BCUT2D eigenvalue weighted by molar-refractivity contribution is 6.30. The summed E-state index contributed by atoms with van der Waals surface area (Å²) in [5.41, 5.74) is 4.79. The SMILES string of the molecule is Cc1ccc(C2CC(c3c(-c4ccc(Cl)cc4)c(C)c(C)[nH]c3=O)=NN2C(=O)C(F)CC(=O)O)cc1. The molecule has 3 aromatic rings. The van der Waals surface area contributed by atoms with E-state index in [4.69, 9.17) is 16.7 Å². The highest BCUT2D eigenvalue weighted by Gasteiger charge is 2.38. The van der Waals surface area contributed by atoms with Crippen molar-refractivity contribution in [2.75, 3.05) is 0 Å². The molecule has 2 atom stereocenters. The van der Waals surface area contributed by atoms with Gasteiger partial charge in [0.25, 0.3) is 11.5 Å². The number of carboxylic acids is 1. The number of carboxylic acid groups (broad SMARTS) is 1. The first-order chi connectivity index (χ1) is 17.1. The van der Waals surface area contributed by atoms with E-state index < -0.39 is 30.5 Å². The van der Waals surface area contributed by atoms with E-state index in [2.05, 4.69) is 10.1 Å².